The average Bonchev–Trinajstić information content (AvgIpc) is 3.17. The van der Waals surface area contributed by atoms with E-state index >= 15 is 0 Å². The first kappa shape index (κ1) is 15.9. The van der Waals surface area contributed by atoms with E-state index in [4.69, 9.17) is 0 Å². The Kier molecular flexibility index (Phi) is 4.04. The predicted molar refractivity (Wildman–Crippen MR) is 101 cm³/mol. The monoisotopic (exact) mass is 333 g/mol. The van der Waals surface area contributed by atoms with Gasteiger partial charge in [-0.3, -0.25) is 9.79 Å². The highest BCUT2D eigenvalue weighted by molar-refractivity contribution is 6.08. The maximum Gasteiger partial charge on any atom is 0.239 e. The number of nitrogens with zero attached hydrogens (tertiary/aromatic N) is 1. The van der Waals surface area contributed by atoms with E-state index in [-0.39, 0.29) is 5.91 Å². The Balaban J connectivity index is 1.65. The fraction of sp³-hybridized carbons (Fsp3) is 0.333. The minimum Gasteiger partial charge on any atom is -0.372 e. The zero-order chi connectivity index (χ0) is 17.3. The first-order valence-electron chi connectivity index (χ1n) is 8.95. The maximum absolute atomic E-state index is 13.1. The number of aliphatic imine (C=N–C) groups is 1. The number of carbonyl (C=O) groups is 1. The largest absolute Gasteiger partial charge is 0.372 e. The van der Waals surface area contributed by atoms with Crippen LogP contribution in [-0.4, -0.2) is 24.3 Å². The van der Waals surface area contributed by atoms with Crippen LogP contribution in [0.5, 0.6) is 0 Å². The molecule has 2 N–H and O–H groups in total. The molecule has 0 saturated heterocycles. The van der Waals surface area contributed by atoms with Crippen LogP contribution in [0, 0.1) is 0 Å². The van der Waals surface area contributed by atoms with Gasteiger partial charge in [-0.2, -0.15) is 0 Å². The molecule has 4 nitrogen and oxygen atoms in total. The third-order valence-electron chi connectivity index (χ3n) is 5.35. The lowest BCUT2D eigenvalue weighted by Gasteiger charge is -2.28. The quantitative estimate of drug-likeness (QED) is 0.880. The van der Waals surface area contributed by atoms with Gasteiger partial charge >= 0.3 is 0 Å². The number of amides is 1. The van der Waals surface area contributed by atoms with E-state index in [1.54, 1.807) is 0 Å². The van der Waals surface area contributed by atoms with E-state index in [0.717, 1.165) is 48.5 Å². The van der Waals surface area contributed by atoms with Crippen LogP contribution < -0.4 is 10.6 Å². The van der Waals surface area contributed by atoms with E-state index in [1.807, 2.05) is 43.3 Å². The predicted octanol–water partition coefficient (Wildman–Crippen LogP) is 3.49. The van der Waals surface area contributed by atoms with Crippen molar-refractivity contribution >= 4 is 17.4 Å². The van der Waals surface area contributed by atoms with Crippen LogP contribution in [-0.2, 0) is 10.2 Å². The van der Waals surface area contributed by atoms with Crippen LogP contribution in [0.25, 0.3) is 0 Å². The molecule has 2 aliphatic heterocycles. The van der Waals surface area contributed by atoms with Crippen molar-refractivity contribution in [2.45, 2.75) is 37.6 Å². The lowest BCUT2D eigenvalue weighted by atomic mass is 9.71. The summed E-state index contributed by atoms with van der Waals surface area (Å²) < 4.78 is 0. The van der Waals surface area contributed by atoms with Gasteiger partial charge in [0.05, 0.1) is 11.9 Å². The summed E-state index contributed by atoms with van der Waals surface area (Å²) in [6, 6.07) is 18.6. The van der Waals surface area contributed by atoms with Crippen LogP contribution in [0.2, 0.25) is 0 Å². The number of carbonyl (C=O) groups excluding carboxylic acids is 1. The van der Waals surface area contributed by atoms with Gasteiger partial charge in [-0.25, -0.2) is 0 Å². The van der Waals surface area contributed by atoms with Gasteiger partial charge in [0.1, 0.15) is 5.41 Å². The van der Waals surface area contributed by atoms with Crippen molar-refractivity contribution in [3.05, 3.63) is 65.7 Å². The van der Waals surface area contributed by atoms with Crippen molar-refractivity contribution < 1.29 is 4.79 Å². The molecule has 1 amide bonds. The number of hydrogen-bond donors (Lipinski definition) is 2. The number of nitrogens with one attached hydrogen (secondary N) is 2. The highest BCUT2D eigenvalue weighted by Gasteiger charge is 2.47. The number of para-hydroxylation sites is 1. The number of anilines is 1. The molecule has 4 heteroatoms. The molecule has 0 saturated carbocycles. The van der Waals surface area contributed by atoms with Gasteiger partial charge < -0.3 is 10.6 Å². The fourth-order valence-corrected chi connectivity index (χ4v) is 4.12. The average molecular weight is 333 g/mol. The van der Waals surface area contributed by atoms with Gasteiger partial charge in [-0.1, -0.05) is 48.5 Å². The Morgan fingerprint density at radius 3 is 2.64 bits per heavy atom. The molecule has 2 heterocycles. The molecule has 2 atom stereocenters. The molecular weight excluding hydrogens is 310 g/mol. The lowest BCUT2D eigenvalue weighted by Crippen LogP contribution is -2.36. The summed E-state index contributed by atoms with van der Waals surface area (Å²) in [6.07, 6.45) is 2.75. The Labute approximate surface area is 148 Å². The molecule has 25 heavy (non-hydrogen) atoms. The number of rotatable bonds is 5. The Morgan fingerprint density at radius 1 is 1.12 bits per heavy atom. The Morgan fingerprint density at radius 2 is 1.88 bits per heavy atom. The molecule has 0 radical (unpaired) electrons. The van der Waals surface area contributed by atoms with E-state index in [9.17, 15) is 4.79 Å². The topological polar surface area (TPSA) is 53.5 Å². The second-order valence-electron chi connectivity index (χ2n) is 6.91. The molecule has 2 aromatic rings. The van der Waals surface area contributed by atoms with Crippen molar-refractivity contribution in [2.24, 2.45) is 4.99 Å². The lowest BCUT2D eigenvalue weighted by molar-refractivity contribution is -0.119. The zero-order valence-electron chi connectivity index (χ0n) is 14.5. The number of benzene rings is 2. The van der Waals surface area contributed by atoms with E-state index in [1.165, 1.54) is 0 Å². The molecule has 4 rings (SSSR count). The molecule has 0 fully saturated rings. The molecule has 2 aliphatic rings. The van der Waals surface area contributed by atoms with E-state index < -0.39 is 5.41 Å². The normalized spacial score (nSPS) is 24.4. The molecule has 2 unspecified atom stereocenters. The maximum atomic E-state index is 13.1. The second kappa shape index (κ2) is 6.36. The third kappa shape index (κ3) is 2.72. The zero-order valence-corrected chi connectivity index (χ0v) is 14.5. The number of hydrogen-bond acceptors (Lipinski definition) is 3. The summed E-state index contributed by atoms with van der Waals surface area (Å²) in [5.74, 6) is 1.11. The van der Waals surface area contributed by atoms with Crippen LogP contribution in [0.1, 0.15) is 37.3 Å². The van der Waals surface area contributed by atoms with Crippen molar-refractivity contribution in [2.75, 3.05) is 11.9 Å². The summed E-state index contributed by atoms with van der Waals surface area (Å²) in [4.78, 5) is 17.7. The molecule has 0 aliphatic carbocycles. The Bertz CT molecular complexity index is 815. The van der Waals surface area contributed by atoms with Gasteiger partial charge in [-0.05, 0) is 43.4 Å². The molecular formula is C21H23N3O. The van der Waals surface area contributed by atoms with Crippen molar-refractivity contribution in [3.63, 3.8) is 0 Å². The smallest absolute Gasteiger partial charge is 0.239 e. The van der Waals surface area contributed by atoms with E-state index in [0.29, 0.717) is 6.04 Å². The van der Waals surface area contributed by atoms with Crippen LogP contribution in [0.15, 0.2) is 59.6 Å². The van der Waals surface area contributed by atoms with Crippen molar-refractivity contribution in [3.8, 4) is 0 Å². The number of amidine groups is 1. The summed E-state index contributed by atoms with van der Waals surface area (Å²) >= 11 is 0. The van der Waals surface area contributed by atoms with Crippen molar-refractivity contribution in [1.82, 2.24) is 5.32 Å². The molecule has 2 aromatic carbocycles. The fourth-order valence-electron chi connectivity index (χ4n) is 4.12. The van der Waals surface area contributed by atoms with Gasteiger partial charge in [0.25, 0.3) is 0 Å². The van der Waals surface area contributed by atoms with Gasteiger partial charge in [0.15, 0.2) is 0 Å². The van der Waals surface area contributed by atoms with Crippen LogP contribution >= 0.6 is 0 Å². The first-order chi connectivity index (χ1) is 12.2. The van der Waals surface area contributed by atoms with Crippen LogP contribution in [0.3, 0.4) is 0 Å². The first-order valence-corrected chi connectivity index (χ1v) is 8.95. The number of fused-ring (bicyclic) bond motifs is 1. The summed E-state index contributed by atoms with van der Waals surface area (Å²) in [6.45, 7) is 2.92. The highest BCUT2D eigenvalue weighted by atomic mass is 16.2. The van der Waals surface area contributed by atoms with Crippen LogP contribution in [0.4, 0.5) is 5.69 Å². The highest BCUT2D eigenvalue weighted by Crippen LogP contribution is 2.46. The Hall–Kier alpha value is -2.62. The van der Waals surface area contributed by atoms with E-state index in [2.05, 4.69) is 33.8 Å². The second-order valence-corrected chi connectivity index (χ2v) is 6.91. The minimum atomic E-state index is -0.595. The standard InChI is InChI=1S/C21H23N3O/c1-15-22-14-17(23-15)10-7-13-21(16-8-3-2-4-9-16)18-11-5-6-12-19(18)24-20(21)25/h2-6,8-9,11-12,17H,7,10,13-14H2,1H3,(H,22,23)(H,24,25). The van der Waals surface area contributed by atoms with Gasteiger partial charge in [0, 0.05) is 12.2 Å². The minimum absolute atomic E-state index is 0.0872. The molecule has 0 spiro atoms. The third-order valence-corrected chi connectivity index (χ3v) is 5.35. The molecule has 0 aromatic heterocycles. The molecule has 128 valence electrons. The summed E-state index contributed by atoms with van der Waals surface area (Å²) in [5.41, 5.74) is 2.51. The van der Waals surface area contributed by atoms with Crippen molar-refractivity contribution in [1.29, 1.82) is 0 Å². The van der Waals surface area contributed by atoms with Gasteiger partial charge in [-0.15, -0.1) is 0 Å². The van der Waals surface area contributed by atoms with Gasteiger partial charge in [0.2, 0.25) is 5.91 Å². The summed E-state index contributed by atoms with van der Waals surface area (Å²) in [5, 5.41) is 6.38. The molecule has 0 bridgehead atoms. The SMILES string of the molecule is CC1=NC(CCCC2(c3ccccc3)C(=O)Nc3ccccc32)CN1. The summed E-state index contributed by atoms with van der Waals surface area (Å²) in [7, 11) is 0.